The van der Waals surface area contributed by atoms with Gasteiger partial charge in [0.05, 0.1) is 12.5 Å². The minimum absolute atomic E-state index is 0.0357. The molecule has 1 fully saturated rings. The van der Waals surface area contributed by atoms with Crippen molar-refractivity contribution in [3.8, 4) is 0 Å². The summed E-state index contributed by atoms with van der Waals surface area (Å²) in [7, 11) is 0. The number of hydrogen-bond donors (Lipinski definition) is 1. The molecular weight excluding hydrogens is 434 g/mol. The molecule has 1 aliphatic heterocycles. The van der Waals surface area contributed by atoms with Crippen LogP contribution in [0.1, 0.15) is 18.4 Å². The topological polar surface area (TPSA) is 59.4 Å². The highest BCUT2D eigenvalue weighted by Crippen LogP contribution is 2.38. The number of carbonyl (C=O) groups excluding carboxylic acids is 1. The fraction of sp³-hybridized carbons (Fsp3) is 0.182. The van der Waals surface area contributed by atoms with Gasteiger partial charge in [-0.2, -0.15) is 0 Å². The van der Waals surface area contributed by atoms with Gasteiger partial charge in [0.25, 0.3) is 0 Å². The van der Waals surface area contributed by atoms with E-state index >= 15 is 0 Å². The Kier molecular flexibility index (Phi) is 5.97. The predicted molar refractivity (Wildman–Crippen MR) is 106 cm³/mol. The zero-order chi connectivity index (χ0) is 22.1. The lowest BCUT2D eigenvalue weighted by Gasteiger charge is -2.23. The Balaban J connectivity index is 1.80. The lowest BCUT2D eigenvalue weighted by atomic mass is 10.0. The van der Waals surface area contributed by atoms with Gasteiger partial charge in [0, 0.05) is 33.4 Å². The van der Waals surface area contributed by atoms with Gasteiger partial charge in [0.1, 0.15) is 17.4 Å². The number of aliphatic hydroxyl groups excluding tert-OH is 1. The van der Waals surface area contributed by atoms with E-state index in [2.05, 4.69) is 4.98 Å². The Morgan fingerprint density at radius 1 is 1.13 bits per heavy atom. The van der Waals surface area contributed by atoms with E-state index in [0.717, 1.165) is 17.8 Å². The fourth-order valence-electron chi connectivity index (χ4n) is 3.22. The van der Waals surface area contributed by atoms with Gasteiger partial charge in [0.15, 0.2) is 17.5 Å². The number of fused-ring (bicyclic) bond motifs is 1. The summed E-state index contributed by atoms with van der Waals surface area (Å²) >= 11 is 1.09. The first kappa shape index (κ1) is 21.3. The lowest BCUT2D eigenvalue weighted by molar-refractivity contribution is -0.156. The first-order valence-electron chi connectivity index (χ1n) is 9.27. The molecule has 0 radical (unpaired) electrons. The maximum absolute atomic E-state index is 14.3. The van der Waals surface area contributed by atoms with Gasteiger partial charge >= 0.3 is 5.97 Å². The maximum atomic E-state index is 14.3. The highest BCUT2D eigenvalue weighted by molar-refractivity contribution is 7.99. The zero-order valence-electron chi connectivity index (χ0n) is 15.8. The lowest BCUT2D eigenvalue weighted by Crippen LogP contribution is -2.31. The van der Waals surface area contributed by atoms with Crippen molar-refractivity contribution in [3.63, 3.8) is 0 Å². The molecule has 1 aromatic heterocycles. The second kappa shape index (κ2) is 8.68. The number of rotatable bonds is 4. The summed E-state index contributed by atoms with van der Waals surface area (Å²) in [6.45, 7) is 0. The molecule has 3 aromatic rings. The third-order valence-corrected chi connectivity index (χ3v) is 5.86. The van der Waals surface area contributed by atoms with E-state index < -0.39 is 41.4 Å². The van der Waals surface area contributed by atoms with Crippen LogP contribution in [0.25, 0.3) is 17.0 Å². The van der Waals surface area contributed by atoms with Gasteiger partial charge in [-0.1, -0.05) is 17.8 Å². The average Bonchev–Trinajstić information content (AvgIpc) is 2.72. The first-order valence-corrected chi connectivity index (χ1v) is 10.1. The number of aromatic nitrogens is 1. The molecule has 1 aliphatic rings. The van der Waals surface area contributed by atoms with Crippen molar-refractivity contribution in [2.24, 2.45) is 0 Å². The van der Waals surface area contributed by atoms with Crippen LogP contribution in [0.4, 0.5) is 17.6 Å². The second-order valence-corrected chi connectivity index (χ2v) is 8.05. The number of hydrogen-bond acceptors (Lipinski definition) is 5. The molecule has 1 saturated heterocycles. The molecule has 31 heavy (non-hydrogen) atoms. The highest BCUT2D eigenvalue weighted by Gasteiger charge is 2.25. The van der Waals surface area contributed by atoms with Gasteiger partial charge in [0.2, 0.25) is 0 Å². The van der Waals surface area contributed by atoms with Crippen LogP contribution < -0.4 is 0 Å². The number of benzene rings is 2. The van der Waals surface area contributed by atoms with Gasteiger partial charge in [-0.25, -0.2) is 17.6 Å². The Morgan fingerprint density at radius 3 is 2.58 bits per heavy atom. The Morgan fingerprint density at radius 2 is 1.87 bits per heavy atom. The molecule has 0 spiro atoms. The van der Waals surface area contributed by atoms with Crippen LogP contribution in [-0.4, -0.2) is 28.3 Å². The molecule has 9 heteroatoms. The molecule has 2 unspecified atom stereocenters. The molecule has 0 amide bonds. The molecular formula is C22H15F4NO3S. The van der Waals surface area contributed by atoms with Crippen LogP contribution in [0.15, 0.2) is 52.4 Å². The number of esters is 1. The zero-order valence-corrected chi connectivity index (χ0v) is 16.6. The van der Waals surface area contributed by atoms with Crippen LogP contribution in [-0.2, 0) is 9.53 Å². The average molecular weight is 449 g/mol. The quantitative estimate of drug-likeness (QED) is 0.344. The number of carbonyl (C=O) groups is 1. The van der Waals surface area contributed by atoms with E-state index in [0.29, 0.717) is 15.4 Å². The monoisotopic (exact) mass is 449 g/mol. The minimum atomic E-state index is -1.62. The molecule has 0 saturated carbocycles. The third kappa shape index (κ3) is 4.57. The molecule has 0 aliphatic carbocycles. The molecule has 160 valence electrons. The molecule has 2 atom stereocenters. The smallest absolute Gasteiger partial charge is 0.309 e. The molecule has 1 N–H and O–H groups in total. The largest absolute Gasteiger partial charge is 0.458 e. The van der Waals surface area contributed by atoms with E-state index in [9.17, 15) is 27.5 Å². The van der Waals surface area contributed by atoms with Crippen molar-refractivity contribution in [1.29, 1.82) is 0 Å². The van der Waals surface area contributed by atoms with Gasteiger partial charge < -0.3 is 9.84 Å². The van der Waals surface area contributed by atoms with Gasteiger partial charge in [-0.3, -0.25) is 9.78 Å². The van der Waals surface area contributed by atoms with Crippen molar-refractivity contribution < 1.29 is 32.2 Å². The number of ether oxygens (including phenoxy) is 1. The summed E-state index contributed by atoms with van der Waals surface area (Å²) in [5, 5.41) is 9.78. The number of aliphatic hydroxyl groups is 1. The van der Waals surface area contributed by atoms with Crippen LogP contribution in [0, 0.1) is 23.3 Å². The minimum Gasteiger partial charge on any atom is -0.458 e. The van der Waals surface area contributed by atoms with Crippen molar-refractivity contribution in [2.45, 2.75) is 34.8 Å². The SMILES string of the molecule is O=C1CC(O)CC(/C=C/c2cnc3c(F)c(F)c(F)cc3c2Sc2ccc(F)cc2)O1. The van der Waals surface area contributed by atoms with Gasteiger partial charge in [-0.15, -0.1) is 0 Å². The number of pyridine rings is 1. The highest BCUT2D eigenvalue weighted by atomic mass is 32.2. The fourth-order valence-corrected chi connectivity index (χ4v) is 4.24. The maximum Gasteiger partial charge on any atom is 0.309 e. The van der Waals surface area contributed by atoms with Crippen LogP contribution in [0.2, 0.25) is 0 Å². The van der Waals surface area contributed by atoms with E-state index in [1.807, 2.05) is 0 Å². The normalized spacial score (nSPS) is 19.2. The summed E-state index contributed by atoms with van der Waals surface area (Å²) in [5.41, 5.74) is 0.0727. The molecule has 2 aromatic carbocycles. The van der Waals surface area contributed by atoms with Crippen molar-refractivity contribution >= 4 is 34.7 Å². The van der Waals surface area contributed by atoms with Crippen LogP contribution >= 0.6 is 11.8 Å². The van der Waals surface area contributed by atoms with Crippen LogP contribution in [0.3, 0.4) is 0 Å². The van der Waals surface area contributed by atoms with E-state index in [1.54, 1.807) is 6.08 Å². The number of nitrogens with zero attached hydrogens (tertiary/aromatic N) is 1. The Bertz CT molecular complexity index is 1180. The molecule has 0 bridgehead atoms. The summed E-state index contributed by atoms with van der Waals surface area (Å²) in [6, 6.07) is 6.33. The van der Waals surface area contributed by atoms with Gasteiger partial charge in [-0.05, 0) is 36.4 Å². The van der Waals surface area contributed by atoms with E-state index in [4.69, 9.17) is 4.74 Å². The van der Waals surface area contributed by atoms with Crippen molar-refractivity contribution in [1.82, 2.24) is 4.98 Å². The summed E-state index contributed by atoms with van der Waals surface area (Å²) in [5.74, 6) is -5.37. The number of cyclic esters (lactones) is 1. The van der Waals surface area contributed by atoms with E-state index in [1.165, 1.54) is 36.5 Å². The number of halogens is 4. The molecule has 4 rings (SSSR count). The first-order chi connectivity index (χ1) is 14.8. The Labute approximate surface area is 178 Å². The Hall–Kier alpha value is -2.91. The summed E-state index contributed by atoms with van der Waals surface area (Å²) in [6.07, 6.45) is 2.98. The van der Waals surface area contributed by atoms with Crippen LogP contribution in [0.5, 0.6) is 0 Å². The van der Waals surface area contributed by atoms with Crippen molar-refractivity contribution in [3.05, 3.63) is 71.4 Å². The van der Waals surface area contributed by atoms with E-state index in [-0.39, 0.29) is 23.7 Å². The third-order valence-electron chi connectivity index (χ3n) is 4.69. The summed E-state index contributed by atoms with van der Waals surface area (Å²) in [4.78, 5) is 16.4. The predicted octanol–water partition coefficient (Wildman–Crippen LogP) is 5.02. The summed E-state index contributed by atoms with van der Waals surface area (Å²) < 4.78 is 60.4. The molecule has 4 nitrogen and oxygen atoms in total. The molecule has 2 heterocycles. The standard InChI is InChI=1S/C22H15F4NO3S/c23-12-2-5-15(6-3-12)31-22-11(1-4-14-7-13(28)8-18(29)30-14)10-27-21-16(22)9-17(24)19(25)20(21)26/h1-6,9-10,13-14,28H,7-8H2/b4-1+. The second-order valence-electron chi connectivity index (χ2n) is 6.96. The van der Waals surface area contributed by atoms with Crippen molar-refractivity contribution in [2.75, 3.05) is 0 Å².